The highest BCUT2D eigenvalue weighted by Crippen LogP contribution is 2.27. The lowest BCUT2D eigenvalue weighted by molar-refractivity contribution is -0.138. The van der Waals surface area contributed by atoms with Crippen molar-refractivity contribution in [1.82, 2.24) is 5.32 Å². The molecule has 0 radical (unpaired) electrons. The summed E-state index contributed by atoms with van der Waals surface area (Å²) >= 11 is 0. The fourth-order valence-corrected chi connectivity index (χ4v) is 1.67. The largest absolute Gasteiger partial charge is 0.458 e. The van der Waals surface area contributed by atoms with Gasteiger partial charge in [0.25, 0.3) is 0 Å². The number of hydrogen-bond donors (Lipinski definition) is 3. The second-order valence-corrected chi connectivity index (χ2v) is 4.47. The Morgan fingerprint density at radius 1 is 1.42 bits per heavy atom. The Morgan fingerprint density at radius 2 is 2.11 bits per heavy atom. The first-order valence-corrected chi connectivity index (χ1v) is 5.69. The van der Waals surface area contributed by atoms with E-state index < -0.39 is 17.4 Å². The summed E-state index contributed by atoms with van der Waals surface area (Å²) in [5.74, 6) is -1.74. The zero-order valence-corrected chi connectivity index (χ0v) is 10.3. The van der Waals surface area contributed by atoms with Crippen LogP contribution in [0.15, 0.2) is 34.7 Å². The van der Waals surface area contributed by atoms with Crippen molar-refractivity contribution in [2.75, 3.05) is 6.54 Å². The van der Waals surface area contributed by atoms with E-state index >= 15 is 0 Å². The minimum atomic E-state index is -1.43. The van der Waals surface area contributed by atoms with Crippen molar-refractivity contribution in [3.05, 3.63) is 36.1 Å². The van der Waals surface area contributed by atoms with Gasteiger partial charge in [0.2, 0.25) is 0 Å². The molecule has 2 amide bonds. The Kier molecular flexibility index (Phi) is 3.26. The van der Waals surface area contributed by atoms with Crippen molar-refractivity contribution in [2.24, 2.45) is 5.73 Å². The molecule has 0 bridgehead atoms. The number of aliphatic hydroxyl groups is 1. The Morgan fingerprint density at radius 3 is 2.74 bits per heavy atom. The fraction of sp³-hybridized carbons (Fsp3) is 0.231. The maximum absolute atomic E-state index is 11.1. The predicted molar refractivity (Wildman–Crippen MR) is 68.0 cm³/mol. The smallest absolute Gasteiger partial charge is 0.309 e. The SMILES string of the molecule is CC(O)(CNC(=O)C(N)=O)c1cc2ccccc2o1. The Hall–Kier alpha value is -2.34. The monoisotopic (exact) mass is 262 g/mol. The van der Waals surface area contributed by atoms with Crippen LogP contribution >= 0.6 is 0 Å². The van der Waals surface area contributed by atoms with Crippen LogP contribution in [0.1, 0.15) is 12.7 Å². The topological polar surface area (TPSA) is 106 Å². The molecule has 1 unspecified atom stereocenters. The molecule has 0 spiro atoms. The number of furan rings is 1. The number of hydrogen-bond acceptors (Lipinski definition) is 4. The summed E-state index contributed by atoms with van der Waals surface area (Å²) in [6.45, 7) is 1.31. The van der Waals surface area contributed by atoms with E-state index in [9.17, 15) is 14.7 Å². The maximum atomic E-state index is 11.1. The minimum Gasteiger partial charge on any atom is -0.458 e. The van der Waals surface area contributed by atoms with Gasteiger partial charge in [-0.05, 0) is 19.1 Å². The van der Waals surface area contributed by atoms with E-state index in [-0.39, 0.29) is 6.54 Å². The lowest BCUT2D eigenvalue weighted by atomic mass is 10.0. The molecular formula is C13H14N2O4. The molecule has 0 fully saturated rings. The highest BCUT2D eigenvalue weighted by atomic mass is 16.4. The average Bonchev–Trinajstić information content (AvgIpc) is 2.80. The second-order valence-electron chi connectivity index (χ2n) is 4.47. The van der Waals surface area contributed by atoms with Crippen LogP contribution in [-0.4, -0.2) is 23.5 Å². The molecule has 6 heteroatoms. The lowest BCUT2D eigenvalue weighted by Crippen LogP contribution is -2.43. The van der Waals surface area contributed by atoms with Gasteiger partial charge in [0.15, 0.2) is 0 Å². The molecular weight excluding hydrogens is 248 g/mol. The van der Waals surface area contributed by atoms with Gasteiger partial charge >= 0.3 is 11.8 Å². The average molecular weight is 262 g/mol. The van der Waals surface area contributed by atoms with E-state index in [1.165, 1.54) is 6.92 Å². The van der Waals surface area contributed by atoms with Crippen LogP contribution in [0.25, 0.3) is 11.0 Å². The van der Waals surface area contributed by atoms with E-state index in [4.69, 9.17) is 10.2 Å². The van der Waals surface area contributed by atoms with Crippen molar-refractivity contribution in [1.29, 1.82) is 0 Å². The molecule has 0 saturated heterocycles. The summed E-state index contributed by atoms with van der Waals surface area (Å²) in [7, 11) is 0. The number of amides is 2. The third-order valence-electron chi connectivity index (χ3n) is 2.77. The second kappa shape index (κ2) is 4.74. The molecule has 1 aromatic heterocycles. The number of carbonyl (C=O) groups is 2. The van der Waals surface area contributed by atoms with Gasteiger partial charge in [0, 0.05) is 5.39 Å². The van der Waals surface area contributed by atoms with E-state index in [2.05, 4.69) is 5.32 Å². The van der Waals surface area contributed by atoms with Gasteiger partial charge in [0.1, 0.15) is 16.9 Å². The third-order valence-corrected chi connectivity index (χ3v) is 2.77. The van der Waals surface area contributed by atoms with Gasteiger partial charge in [-0.3, -0.25) is 9.59 Å². The van der Waals surface area contributed by atoms with Gasteiger partial charge in [-0.25, -0.2) is 0 Å². The Bertz CT molecular complexity index is 597. The number of benzene rings is 1. The molecule has 100 valence electrons. The molecule has 2 aromatic rings. The number of primary amides is 1. The quantitative estimate of drug-likeness (QED) is 0.689. The first-order valence-electron chi connectivity index (χ1n) is 5.69. The van der Waals surface area contributed by atoms with Crippen molar-refractivity contribution < 1.29 is 19.1 Å². The molecule has 1 atom stereocenters. The first kappa shape index (κ1) is 13.1. The minimum absolute atomic E-state index is 0.172. The van der Waals surface area contributed by atoms with Crippen LogP contribution in [0.4, 0.5) is 0 Å². The molecule has 1 aromatic carbocycles. The van der Waals surface area contributed by atoms with E-state index in [1.54, 1.807) is 12.1 Å². The molecule has 1 heterocycles. The van der Waals surface area contributed by atoms with Gasteiger partial charge in [-0.15, -0.1) is 0 Å². The maximum Gasteiger partial charge on any atom is 0.309 e. The first-order chi connectivity index (χ1) is 8.90. The molecule has 0 aliphatic carbocycles. The highest BCUT2D eigenvalue weighted by Gasteiger charge is 2.28. The Labute approximate surface area is 109 Å². The summed E-state index contributed by atoms with van der Waals surface area (Å²) in [6, 6.07) is 8.98. The van der Waals surface area contributed by atoms with Crippen LogP contribution in [0, 0.1) is 0 Å². The zero-order chi connectivity index (χ0) is 14.0. The molecule has 0 aliphatic rings. The number of carbonyl (C=O) groups excluding carboxylic acids is 2. The van der Waals surface area contributed by atoms with Crippen LogP contribution in [-0.2, 0) is 15.2 Å². The van der Waals surface area contributed by atoms with Crippen LogP contribution in [0.5, 0.6) is 0 Å². The van der Waals surface area contributed by atoms with Crippen molar-refractivity contribution >= 4 is 22.8 Å². The zero-order valence-electron chi connectivity index (χ0n) is 10.3. The fourth-order valence-electron chi connectivity index (χ4n) is 1.67. The van der Waals surface area contributed by atoms with E-state index in [0.29, 0.717) is 11.3 Å². The van der Waals surface area contributed by atoms with E-state index in [0.717, 1.165) is 5.39 Å². The normalized spacial score (nSPS) is 14.0. The summed E-state index contributed by atoms with van der Waals surface area (Å²) in [5.41, 5.74) is 4.02. The summed E-state index contributed by atoms with van der Waals surface area (Å²) in [6.07, 6.45) is 0. The molecule has 0 aliphatic heterocycles. The Balaban J connectivity index is 2.18. The van der Waals surface area contributed by atoms with Crippen molar-refractivity contribution in [3.63, 3.8) is 0 Å². The molecule has 6 nitrogen and oxygen atoms in total. The van der Waals surface area contributed by atoms with Gasteiger partial charge < -0.3 is 20.6 Å². The number of rotatable bonds is 3. The third kappa shape index (κ3) is 2.74. The molecule has 2 rings (SSSR count). The molecule has 4 N–H and O–H groups in total. The van der Waals surface area contributed by atoms with Crippen molar-refractivity contribution in [3.8, 4) is 0 Å². The highest BCUT2D eigenvalue weighted by molar-refractivity contribution is 6.34. The van der Waals surface area contributed by atoms with Gasteiger partial charge in [-0.2, -0.15) is 0 Å². The summed E-state index contributed by atoms with van der Waals surface area (Å²) in [4.78, 5) is 21.7. The van der Waals surface area contributed by atoms with Gasteiger partial charge in [-0.1, -0.05) is 18.2 Å². The van der Waals surface area contributed by atoms with E-state index in [1.807, 2.05) is 18.2 Å². The predicted octanol–water partition coefficient (Wildman–Crippen LogP) is 0.242. The number of fused-ring (bicyclic) bond motifs is 1. The van der Waals surface area contributed by atoms with Crippen LogP contribution < -0.4 is 11.1 Å². The number of para-hydroxylation sites is 1. The van der Waals surface area contributed by atoms with Gasteiger partial charge in [0.05, 0.1) is 6.54 Å². The lowest BCUT2D eigenvalue weighted by Gasteiger charge is -2.20. The van der Waals surface area contributed by atoms with Crippen LogP contribution in [0.3, 0.4) is 0 Å². The standard InChI is InChI=1S/C13H14N2O4/c1-13(18,7-15-12(17)11(14)16)10-6-8-4-2-3-5-9(8)19-10/h2-6,18H,7H2,1H3,(H2,14,16)(H,15,17). The van der Waals surface area contributed by atoms with Crippen molar-refractivity contribution in [2.45, 2.75) is 12.5 Å². The number of nitrogens with two attached hydrogens (primary N) is 1. The van der Waals surface area contributed by atoms with Crippen LogP contribution in [0.2, 0.25) is 0 Å². The molecule has 19 heavy (non-hydrogen) atoms. The summed E-state index contributed by atoms with van der Waals surface area (Å²) in [5, 5.41) is 13.3. The molecule has 0 saturated carbocycles. The summed E-state index contributed by atoms with van der Waals surface area (Å²) < 4.78 is 5.51. The number of nitrogens with one attached hydrogen (secondary N) is 1.